The van der Waals surface area contributed by atoms with Crippen molar-refractivity contribution in [2.24, 2.45) is 0 Å². The van der Waals surface area contributed by atoms with Crippen LogP contribution in [0, 0.1) is 6.92 Å². The van der Waals surface area contributed by atoms with Gasteiger partial charge in [0.05, 0.1) is 5.69 Å². The molecular weight excluding hydrogens is 148 g/mol. The second kappa shape index (κ2) is 3.22. The van der Waals surface area contributed by atoms with E-state index < -0.39 is 0 Å². The van der Waals surface area contributed by atoms with Crippen LogP contribution in [0.2, 0.25) is 0 Å². The van der Waals surface area contributed by atoms with Crippen LogP contribution in [0.3, 0.4) is 0 Å². The van der Waals surface area contributed by atoms with Crippen LogP contribution in [0.1, 0.15) is 17.0 Å². The molecule has 12 heavy (non-hydrogen) atoms. The molecule has 2 nitrogen and oxygen atoms in total. The molecule has 0 radical (unpaired) electrons. The molecule has 0 saturated carbocycles. The Bertz CT molecular complexity index is 327. The summed E-state index contributed by atoms with van der Waals surface area (Å²) in [5.74, 6) is 0. The van der Waals surface area contributed by atoms with Crippen molar-refractivity contribution in [2.45, 2.75) is 6.92 Å². The van der Waals surface area contributed by atoms with Crippen LogP contribution >= 0.6 is 0 Å². The maximum atomic E-state index is 5.75. The average Bonchev–Trinajstić information content (AvgIpc) is 2.03. The van der Waals surface area contributed by atoms with Crippen LogP contribution in [0.4, 0.5) is 5.69 Å². The summed E-state index contributed by atoms with van der Waals surface area (Å²) in [5.41, 5.74) is 9.00. The van der Waals surface area contributed by atoms with Gasteiger partial charge in [-0.2, -0.15) is 0 Å². The third-order valence-electron chi connectivity index (χ3n) is 1.65. The lowest BCUT2D eigenvalue weighted by atomic mass is 10.1. The first kappa shape index (κ1) is 8.53. The predicted octanol–water partition coefficient (Wildman–Crippen LogP) is 2.26. The number of pyridine rings is 1. The first-order valence-electron chi connectivity index (χ1n) is 3.71. The molecule has 2 N–H and O–H groups in total. The van der Waals surface area contributed by atoms with Crippen LogP contribution in [-0.4, -0.2) is 4.98 Å². The number of hydrogen-bond donors (Lipinski definition) is 1. The van der Waals surface area contributed by atoms with E-state index in [2.05, 4.69) is 18.1 Å². The van der Waals surface area contributed by atoms with E-state index in [9.17, 15) is 0 Å². The summed E-state index contributed by atoms with van der Waals surface area (Å²) in [4.78, 5) is 4.25. The van der Waals surface area contributed by atoms with E-state index in [1.54, 1.807) is 12.2 Å². The van der Waals surface area contributed by atoms with Crippen molar-refractivity contribution in [3.63, 3.8) is 0 Å². The van der Waals surface area contributed by atoms with Gasteiger partial charge >= 0.3 is 0 Å². The van der Waals surface area contributed by atoms with Gasteiger partial charge in [-0.05, 0) is 19.1 Å². The Morgan fingerprint density at radius 3 is 2.58 bits per heavy atom. The summed E-state index contributed by atoms with van der Waals surface area (Å²) < 4.78 is 0. The van der Waals surface area contributed by atoms with Gasteiger partial charge in [0.25, 0.3) is 0 Å². The summed E-state index contributed by atoms with van der Waals surface area (Å²) in [5, 5.41) is 0. The molecule has 0 aliphatic rings. The van der Waals surface area contributed by atoms with Crippen LogP contribution < -0.4 is 5.73 Å². The smallest absolute Gasteiger partial charge is 0.0719 e. The Kier molecular flexibility index (Phi) is 2.29. The maximum absolute atomic E-state index is 5.75. The first-order chi connectivity index (χ1) is 5.69. The number of rotatable bonds is 2. The highest BCUT2D eigenvalue weighted by Crippen LogP contribution is 2.18. The molecule has 0 aliphatic carbocycles. The van der Waals surface area contributed by atoms with Crippen molar-refractivity contribution in [1.29, 1.82) is 0 Å². The fraction of sp³-hybridized carbons (Fsp3) is 0.100. The lowest BCUT2D eigenvalue weighted by Crippen LogP contribution is -1.97. The van der Waals surface area contributed by atoms with E-state index >= 15 is 0 Å². The third-order valence-corrected chi connectivity index (χ3v) is 1.65. The van der Waals surface area contributed by atoms with Crippen molar-refractivity contribution in [3.8, 4) is 0 Å². The minimum atomic E-state index is 0.701. The summed E-state index contributed by atoms with van der Waals surface area (Å²) in [6, 6.07) is 1.82. The summed E-state index contributed by atoms with van der Waals surface area (Å²) >= 11 is 0. The van der Waals surface area contributed by atoms with Crippen molar-refractivity contribution in [2.75, 3.05) is 5.73 Å². The van der Waals surface area contributed by atoms with Crippen molar-refractivity contribution in [1.82, 2.24) is 4.98 Å². The maximum Gasteiger partial charge on any atom is 0.0719 e. The molecule has 0 amide bonds. The lowest BCUT2D eigenvalue weighted by Gasteiger charge is -2.05. The normalized spacial score (nSPS) is 9.42. The molecule has 0 aliphatic heterocycles. The number of aryl methyl sites for hydroxylation is 1. The van der Waals surface area contributed by atoms with E-state index in [0.717, 1.165) is 17.0 Å². The minimum Gasteiger partial charge on any atom is -0.398 e. The molecule has 1 aromatic rings. The summed E-state index contributed by atoms with van der Waals surface area (Å²) in [7, 11) is 0. The summed E-state index contributed by atoms with van der Waals surface area (Å²) in [6.07, 6.45) is 3.37. The molecule has 1 aromatic heterocycles. The van der Waals surface area contributed by atoms with Gasteiger partial charge in [0.2, 0.25) is 0 Å². The fourth-order valence-electron chi connectivity index (χ4n) is 1.11. The molecule has 1 rings (SSSR count). The number of anilines is 1. The highest BCUT2D eigenvalue weighted by molar-refractivity contribution is 5.71. The monoisotopic (exact) mass is 160 g/mol. The largest absolute Gasteiger partial charge is 0.398 e. The Morgan fingerprint density at radius 1 is 1.42 bits per heavy atom. The Labute approximate surface area is 72.4 Å². The van der Waals surface area contributed by atoms with E-state index in [4.69, 9.17) is 5.73 Å². The van der Waals surface area contributed by atoms with Crippen LogP contribution in [0.5, 0.6) is 0 Å². The standard InChI is InChI=1S/C10H12N2/c1-4-8-9(11)6-7(3)12-10(8)5-2/h4-6H,1-2H2,3H3,(H2,11,12). The SMILES string of the molecule is C=Cc1nc(C)cc(N)c1C=C. The Balaban J connectivity index is 3.43. The third kappa shape index (κ3) is 1.37. The van der Waals surface area contributed by atoms with E-state index in [1.807, 2.05) is 13.0 Å². The van der Waals surface area contributed by atoms with Crippen molar-refractivity contribution >= 4 is 17.8 Å². The molecule has 0 fully saturated rings. The van der Waals surface area contributed by atoms with Gasteiger partial charge in [-0.3, -0.25) is 4.98 Å². The molecule has 2 heteroatoms. The molecule has 0 unspecified atom stereocenters. The number of nitrogens with two attached hydrogens (primary N) is 1. The van der Waals surface area contributed by atoms with Crippen molar-refractivity contribution < 1.29 is 0 Å². The van der Waals surface area contributed by atoms with E-state index in [-0.39, 0.29) is 0 Å². The van der Waals surface area contributed by atoms with Crippen LogP contribution in [0.25, 0.3) is 12.2 Å². The molecule has 0 aromatic carbocycles. The second-order valence-electron chi connectivity index (χ2n) is 2.56. The zero-order valence-corrected chi connectivity index (χ0v) is 7.17. The zero-order valence-electron chi connectivity index (χ0n) is 7.17. The molecular formula is C10H12N2. The average molecular weight is 160 g/mol. The number of nitrogen functional groups attached to an aromatic ring is 1. The van der Waals surface area contributed by atoms with Gasteiger partial charge < -0.3 is 5.73 Å². The Hall–Kier alpha value is -1.57. The lowest BCUT2D eigenvalue weighted by molar-refractivity contribution is 1.18. The molecule has 62 valence electrons. The van der Waals surface area contributed by atoms with Gasteiger partial charge in [-0.1, -0.05) is 19.2 Å². The molecule has 0 spiro atoms. The van der Waals surface area contributed by atoms with Crippen molar-refractivity contribution in [3.05, 3.63) is 36.2 Å². The quantitative estimate of drug-likeness (QED) is 0.720. The van der Waals surface area contributed by atoms with E-state index in [0.29, 0.717) is 5.69 Å². The molecule has 0 atom stereocenters. The highest BCUT2D eigenvalue weighted by atomic mass is 14.7. The first-order valence-corrected chi connectivity index (χ1v) is 3.71. The molecule has 0 saturated heterocycles. The highest BCUT2D eigenvalue weighted by Gasteiger charge is 2.02. The van der Waals surface area contributed by atoms with Gasteiger partial charge in [-0.15, -0.1) is 0 Å². The van der Waals surface area contributed by atoms with Gasteiger partial charge in [-0.25, -0.2) is 0 Å². The van der Waals surface area contributed by atoms with Gasteiger partial charge in [0.1, 0.15) is 0 Å². The minimum absolute atomic E-state index is 0.701. The number of hydrogen-bond acceptors (Lipinski definition) is 2. The zero-order chi connectivity index (χ0) is 9.14. The number of aromatic nitrogens is 1. The summed E-state index contributed by atoms with van der Waals surface area (Å²) in [6.45, 7) is 9.22. The fourth-order valence-corrected chi connectivity index (χ4v) is 1.11. The second-order valence-corrected chi connectivity index (χ2v) is 2.56. The topological polar surface area (TPSA) is 38.9 Å². The number of nitrogens with zero attached hydrogens (tertiary/aromatic N) is 1. The molecule has 0 bridgehead atoms. The van der Waals surface area contributed by atoms with Gasteiger partial charge in [0, 0.05) is 16.9 Å². The van der Waals surface area contributed by atoms with Gasteiger partial charge in [0.15, 0.2) is 0 Å². The van der Waals surface area contributed by atoms with Crippen LogP contribution in [0.15, 0.2) is 19.2 Å². The van der Waals surface area contributed by atoms with E-state index in [1.165, 1.54) is 0 Å². The van der Waals surface area contributed by atoms with Crippen LogP contribution in [-0.2, 0) is 0 Å². The predicted molar refractivity (Wildman–Crippen MR) is 53.6 cm³/mol. The Morgan fingerprint density at radius 2 is 2.08 bits per heavy atom. The molecule has 1 heterocycles.